The van der Waals surface area contributed by atoms with Gasteiger partial charge in [0.15, 0.2) is 11.4 Å². The first kappa shape index (κ1) is 47.7. The summed E-state index contributed by atoms with van der Waals surface area (Å²) in [5.41, 5.74) is 16.5. The monoisotopic (exact) mass is 978 g/mol. The zero-order valence-electron chi connectivity index (χ0n) is 45.2. The van der Waals surface area contributed by atoms with E-state index in [9.17, 15) is 5.26 Å². The van der Waals surface area contributed by atoms with Gasteiger partial charge >= 0.3 is 0 Å². The quantitative estimate of drug-likeness (QED) is 0.172. The number of rotatable bonds is 5. The molecule has 0 unspecified atom stereocenters. The molecule has 0 bridgehead atoms. The minimum absolute atomic E-state index is 0.0751. The van der Waals surface area contributed by atoms with Crippen LogP contribution in [0.5, 0.6) is 0 Å². The molecule has 6 nitrogen and oxygen atoms in total. The van der Waals surface area contributed by atoms with E-state index >= 15 is 0 Å². The van der Waals surface area contributed by atoms with E-state index in [0.29, 0.717) is 22.6 Å². The predicted molar refractivity (Wildman–Crippen MR) is 314 cm³/mol. The van der Waals surface area contributed by atoms with Crippen molar-refractivity contribution < 1.29 is 4.42 Å². The van der Waals surface area contributed by atoms with Gasteiger partial charge < -0.3 is 13.6 Å². The average Bonchev–Trinajstić information content (AvgIpc) is 4.09. The highest BCUT2D eigenvalue weighted by Crippen LogP contribution is 2.47. The third kappa shape index (κ3) is 7.91. The molecule has 0 aliphatic carbocycles. The fraction of sp³-hybridized carbons (Fsp3) is 0.232. The lowest BCUT2D eigenvalue weighted by Crippen LogP contribution is -2.10. The van der Waals surface area contributed by atoms with E-state index in [1.54, 1.807) is 0 Å². The van der Waals surface area contributed by atoms with E-state index < -0.39 is 0 Å². The molecule has 0 radical (unpaired) electrons. The van der Waals surface area contributed by atoms with Crippen LogP contribution >= 0.6 is 0 Å². The molecule has 0 fully saturated rings. The van der Waals surface area contributed by atoms with E-state index in [-0.39, 0.29) is 21.7 Å². The molecule has 0 amide bonds. The molecule has 12 rings (SSSR count). The zero-order valence-corrected chi connectivity index (χ0v) is 45.2. The smallest absolute Gasteiger partial charge is 0.160 e. The second-order valence-corrected chi connectivity index (χ2v) is 24.7. The van der Waals surface area contributed by atoms with Gasteiger partial charge in [0, 0.05) is 43.6 Å². The highest BCUT2D eigenvalue weighted by molar-refractivity contribution is 6.19. The van der Waals surface area contributed by atoms with Crippen LogP contribution in [0.25, 0.3) is 111 Å². The fourth-order valence-corrected chi connectivity index (χ4v) is 11.1. The minimum Gasteiger partial charge on any atom is -0.454 e. The second-order valence-electron chi connectivity index (χ2n) is 24.7. The van der Waals surface area contributed by atoms with Gasteiger partial charge in [-0.3, -0.25) is 0 Å². The summed E-state index contributed by atoms with van der Waals surface area (Å²) in [7, 11) is 0. The van der Waals surface area contributed by atoms with Crippen LogP contribution in [0.3, 0.4) is 0 Å². The SMILES string of the molecule is CC(C)(C)c1ccc2c(c1)c1cc(C(C)(C)C)ccc1n2-c1cc(-n2c3ccc(C(C)(C)C)cc3c3cc(C(C)(C)C)ccc32)c2c(oc3c(-c4cc(-c5ccccc5)nc(-c5ccccc5)n4)cccc32)c1C#N. The number of fused-ring (bicyclic) bond motifs is 9. The number of nitrogens with zero attached hydrogens (tertiary/aromatic N) is 5. The number of hydrogen-bond acceptors (Lipinski definition) is 4. The van der Waals surface area contributed by atoms with Gasteiger partial charge in [0.05, 0.1) is 50.2 Å². The van der Waals surface area contributed by atoms with Crippen LogP contribution in [-0.4, -0.2) is 19.1 Å². The topological polar surface area (TPSA) is 72.6 Å². The Bertz CT molecular complexity index is 4120. The number of furan rings is 1. The van der Waals surface area contributed by atoms with Crippen molar-refractivity contribution in [2.45, 2.75) is 105 Å². The molecule has 6 heteroatoms. The van der Waals surface area contributed by atoms with Crippen LogP contribution in [0, 0.1) is 11.3 Å². The Morgan fingerprint density at radius 3 is 1.27 bits per heavy atom. The van der Waals surface area contributed by atoms with Gasteiger partial charge in [-0.25, -0.2) is 9.97 Å². The van der Waals surface area contributed by atoms with Crippen molar-refractivity contribution in [3.05, 3.63) is 192 Å². The highest BCUT2D eigenvalue weighted by atomic mass is 16.3. The largest absolute Gasteiger partial charge is 0.454 e. The molecule has 4 aromatic heterocycles. The van der Waals surface area contributed by atoms with Gasteiger partial charge in [0.2, 0.25) is 0 Å². The third-order valence-corrected chi connectivity index (χ3v) is 15.4. The van der Waals surface area contributed by atoms with Crippen molar-refractivity contribution in [1.82, 2.24) is 19.1 Å². The van der Waals surface area contributed by atoms with Gasteiger partial charge in [-0.2, -0.15) is 5.26 Å². The van der Waals surface area contributed by atoms with E-state index in [2.05, 4.69) is 214 Å². The first-order chi connectivity index (χ1) is 35.7. The summed E-state index contributed by atoms with van der Waals surface area (Å²) in [6.07, 6.45) is 0. The summed E-state index contributed by atoms with van der Waals surface area (Å²) in [6, 6.07) is 61.5. The van der Waals surface area contributed by atoms with Crippen molar-refractivity contribution in [2.75, 3.05) is 0 Å². The van der Waals surface area contributed by atoms with Gasteiger partial charge in [0.25, 0.3) is 0 Å². The van der Waals surface area contributed by atoms with E-state index in [1.807, 2.05) is 48.5 Å². The molecule has 0 spiro atoms. The van der Waals surface area contributed by atoms with E-state index in [4.69, 9.17) is 14.4 Å². The maximum absolute atomic E-state index is 11.8. The van der Waals surface area contributed by atoms with Crippen LogP contribution in [0.2, 0.25) is 0 Å². The molecule has 0 saturated heterocycles. The Morgan fingerprint density at radius 1 is 0.400 bits per heavy atom. The molecule has 8 aromatic carbocycles. The van der Waals surface area contributed by atoms with Crippen molar-refractivity contribution in [3.63, 3.8) is 0 Å². The molecule has 0 N–H and O–H groups in total. The van der Waals surface area contributed by atoms with Crippen molar-refractivity contribution in [3.8, 4) is 51.3 Å². The lowest BCUT2D eigenvalue weighted by molar-refractivity contribution is 0.590. The molecule has 0 saturated carbocycles. The molecular formula is C69H63N5O. The minimum atomic E-state index is -0.0796. The summed E-state index contributed by atoms with van der Waals surface area (Å²) in [6.45, 7) is 27.3. The summed E-state index contributed by atoms with van der Waals surface area (Å²) in [4.78, 5) is 10.4. The van der Waals surface area contributed by atoms with Crippen LogP contribution in [-0.2, 0) is 21.7 Å². The zero-order chi connectivity index (χ0) is 52.5. The summed E-state index contributed by atoms with van der Waals surface area (Å²) < 4.78 is 12.2. The van der Waals surface area contributed by atoms with Crippen LogP contribution in [0.1, 0.15) is 111 Å². The van der Waals surface area contributed by atoms with E-state index in [1.165, 1.54) is 33.0 Å². The van der Waals surface area contributed by atoms with Gasteiger partial charge in [0.1, 0.15) is 17.2 Å². The van der Waals surface area contributed by atoms with Crippen molar-refractivity contribution in [2.24, 2.45) is 0 Å². The first-order valence-electron chi connectivity index (χ1n) is 26.3. The van der Waals surface area contributed by atoms with E-state index in [0.717, 1.165) is 83.1 Å². The van der Waals surface area contributed by atoms with Crippen LogP contribution in [0.15, 0.2) is 168 Å². The Hall–Kier alpha value is -8.27. The summed E-state index contributed by atoms with van der Waals surface area (Å²) >= 11 is 0. The Morgan fingerprint density at radius 2 is 0.827 bits per heavy atom. The van der Waals surface area contributed by atoms with Crippen LogP contribution < -0.4 is 0 Å². The molecule has 75 heavy (non-hydrogen) atoms. The van der Waals surface area contributed by atoms with Crippen molar-refractivity contribution in [1.29, 1.82) is 5.26 Å². The number of para-hydroxylation sites is 1. The van der Waals surface area contributed by atoms with Crippen LogP contribution in [0.4, 0.5) is 0 Å². The van der Waals surface area contributed by atoms with Gasteiger partial charge in [-0.15, -0.1) is 0 Å². The molecule has 12 aromatic rings. The molecule has 370 valence electrons. The number of aromatic nitrogens is 4. The van der Waals surface area contributed by atoms with Gasteiger partial charge in [-0.1, -0.05) is 180 Å². The lowest BCUT2D eigenvalue weighted by Gasteiger charge is -2.20. The fourth-order valence-electron chi connectivity index (χ4n) is 11.1. The summed E-state index contributed by atoms with van der Waals surface area (Å²) in [5, 5.41) is 18.2. The Balaban J connectivity index is 1.25. The molecule has 0 aliphatic heterocycles. The first-order valence-corrected chi connectivity index (χ1v) is 26.3. The molecule has 0 atom stereocenters. The Kier molecular flexibility index (Phi) is 10.7. The number of nitriles is 1. The second kappa shape index (κ2) is 16.9. The Labute approximate surface area is 439 Å². The standard InChI is InChI=1S/C69H63N5O/c1-66(2,3)43-26-30-56-49(34-43)50-35-44(67(4,5)6)27-31-57(50)73(56)60-39-61(74-58-32-28-45(68(7,8)9)36-51(58)52-37-46(69(10,11)12)29-33-59(52)74)62-48-25-19-24-47(63(48)75-64(62)53(60)40-70)55-38-54(41-20-15-13-16-21-41)71-65(72-55)42-22-17-14-18-23-42/h13-39H,1-12H3. The molecular weight excluding hydrogens is 915 g/mol. The maximum atomic E-state index is 11.8. The predicted octanol–water partition coefficient (Wildman–Crippen LogP) is 18.6. The summed E-state index contributed by atoms with van der Waals surface area (Å²) in [5.74, 6) is 0.617. The highest BCUT2D eigenvalue weighted by Gasteiger charge is 2.29. The normalized spacial score (nSPS) is 12.8. The van der Waals surface area contributed by atoms with Crippen molar-refractivity contribution >= 4 is 65.6 Å². The average molecular weight is 978 g/mol. The number of benzene rings is 8. The maximum Gasteiger partial charge on any atom is 0.160 e. The molecule has 4 heterocycles. The molecule has 0 aliphatic rings. The third-order valence-electron chi connectivity index (χ3n) is 15.4. The number of hydrogen-bond donors (Lipinski definition) is 0. The van der Waals surface area contributed by atoms with Gasteiger partial charge in [-0.05, 0) is 111 Å². The lowest BCUT2D eigenvalue weighted by atomic mass is 9.85.